The van der Waals surface area contributed by atoms with Gasteiger partial charge in [0.05, 0.1) is 23.1 Å². The van der Waals surface area contributed by atoms with Gasteiger partial charge in [0.15, 0.2) is 0 Å². The summed E-state index contributed by atoms with van der Waals surface area (Å²) < 4.78 is 56.7. The number of carbonyl (C=O) groups excluding carboxylic acids is 1. The van der Waals surface area contributed by atoms with Crippen molar-refractivity contribution in [2.45, 2.75) is 12.7 Å². The lowest BCUT2D eigenvalue weighted by Gasteiger charge is -2.14. The monoisotopic (exact) mass is 530 g/mol. The topological polar surface area (TPSA) is 48.0 Å². The van der Waals surface area contributed by atoms with Gasteiger partial charge in [-0.1, -0.05) is 59.6 Å². The van der Waals surface area contributed by atoms with E-state index in [0.717, 1.165) is 0 Å². The van der Waals surface area contributed by atoms with Crippen LogP contribution in [0.2, 0.25) is 10.0 Å². The first-order valence-corrected chi connectivity index (χ1v) is 11.5. The molecule has 1 heterocycles. The average molecular weight is 531 g/mol. The zero-order valence-corrected chi connectivity index (χ0v) is 19.8. The van der Waals surface area contributed by atoms with Crippen molar-refractivity contribution in [2.24, 2.45) is 5.73 Å². The molecule has 1 aromatic heterocycles. The van der Waals surface area contributed by atoms with Crippen molar-refractivity contribution in [1.29, 1.82) is 0 Å². The highest BCUT2D eigenvalue weighted by molar-refractivity contribution is 6.36. The summed E-state index contributed by atoms with van der Waals surface area (Å²) in [6, 6.07) is 18.5. The number of hydrogen-bond acceptors (Lipinski definition) is 1. The Balaban J connectivity index is 1.80. The van der Waals surface area contributed by atoms with Crippen LogP contribution in [-0.2, 0) is 12.7 Å². The summed E-state index contributed by atoms with van der Waals surface area (Å²) in [4.78, 5) is 12.2. The fraction of sp³-hybridized carbons (Fsp3) is 0.0741. The average Bonchev–Trinajstić information content (AvgIpc) is 3.12. The van der Waals surface area contributed by atoms with E-state index in [1.165, 1.54) is 12.1 Å². The molecule has 0 saturated carbocycles. The van der Waals surface area contributed by atoms with Crippen molar-refractivity contribution in [1.82, 2.24) is 4.57 Å². The van der Waals surface area contributed by atoms with Crippen LogP contribution in [0.4, 0.5) is 17.6 Å². The first kappa shape index (κ1) is 24.2. The largest absolute Gasteiger partial charge is 0.419 e. The van der Waals surface area contributed by atoms with E-state index in [0.29, 0.717) is 49.0 Å². The summed E-state index contributed by atoms with van der Waals surface area (Å²) in [5.74, 6) is -2.00. The van der Waals surface area contributed by atoms with E-state index < -0.39 is 23.5 Å². The van der Waals surface area contributed by atoms with Gasteiger partial charge in [-0.25, -0.2) is 4.39 Å². The van der Waals surface area contributed by atoms with Gasteiger partial charge in [0.1, 0.15) is 5.82 Å². The number of halogens is 6. The van der Waals surface area contributed by atoms with Gasteiger partial charge in [0.2, 0.25) is 5.91 Å². The highest BCUT2D eigenvalue weighted by Crippen LogP contribution is 2.38. The van der Waals surface area contributed by atoms with E-state index in [1.807, 2.05) is 6.07 Å². The van der Waals surface area contributed by atoms with E-state index in [2.05, 4.69) is 0 Å². The minimum Gasteiger partial charge on any atom is -0.366 e. The molecule has 0 saturated heterocycles. The Labute approximate surface area is 212 Å². The smallest absolute Gasteiger partial charge is 0.366 e. The van der Waals surface area contributed by atoms with Gasteiger partial charge in [0.25, 0.3) is 0 Å². The lowest BCUT2D eigenvalue weighted by atomic mass is 10.0. The predicted octanol–water partition coefficient (Wildman–Crippen LogP) is 8.07. The standard InChI is InChI=1S/C27H16Cl2F4N2O/c28-16-8-10-17(21(29)12-16)14-7-9-18-23(11-14)35(22-6-2-4-19(24(18)22)26(34)36)13-15-3-1-5-20(25(15)30)27(31,32)33/h1-12H,13H2,(H2,34,36). The highest BCUT2D eigenvalue weighted by atomic mass is 35.5. The molecule has 3 nitrogen and oxygen atoms in total. The van der Waals surface area contributed by atoms with Gasteiger partial charge in [-0.3, -0.25) is 4.79 Å². The number of amides is 1. The maximum absolute atomic E-state index is 15.0. The Morgan fingerprint density at radius 3 is 2.36 bits per heavy atom. The molecule has 0 aliphatic heterocycles. The molecule has 0 atom stereocenters. The van der Waals surface area contributed by atoms with Gasteiger partial charge >= 0.3 is 6.18 Å². The molecule has 0 unspecified atom stereocenters. The van der Waals surface area contributed by atoms with Gasteiger partial charge in [-0.2, -0.15) is 13.2 Å². The van der Waals surface area contributed by atoms with Crippen molar-refractivity contribution >= 4 is 50.9 Å². The predicted molar refractivity (Wildman–Crippen MR) is 134 cm³/mol. The molecule has 5 aromatic rings. The molecule has 0 radical (unpaired) electrons. The Hall–Kier alpha value is -3.55. The van der Waals surface area contributed by atoms with Crippen LogP contribution in [-0.4, -0.2) is 10.5 Å². The Bertz CT molecular complexity index is 1670. The number of rotatable bonds is 4. The maximum Gasteiger partial charge on any atom is 0.419 e. The fourth-order valence-corrected chi connectivity index (χ4v) is 5.02. The summed E-state index contributed by atoms with van der Waals surface area (Å²) >= 11 is 12.4. The van der Waals surface area contributed by atoms with Crippen LogP contribution in [0, 0.1) is 5.82 Å². The van der Waals surface area contributed by atoms with E-state index in [9.17, 15) is 22.4 Å². The number of aromatic nitrogens is 1. The summed E-state index contributed by atoms with van der Waals surface area (Å²) in [5, 5.41) is 2.04. The van der Waals surface area contributed by atoms with Gasteiger partial charge in [-0.15, -0.1) is 0 Å². The van der Waals surface area contributed by atoms with Gasteiger partial charge < -0.3 is 10.3 Å². The van der Waals surface area contributed by atoms with E-state index >= 15 is 0 Å². The van der Waals surface area contributed by atoms with Gasteiger partial charge in [0, 0.05) is 37.5 Å². The van der Waals surface area contributed by atoms with Crippen molar-refractivity contribution in [2.75, 3.05) is 0 Å². The summed E-state index contributed by atoms with van der Waals surface area (Å²) in [6.45, 7) is -0.213. The molecule has 4 aromatic carbocycles. The molecule has 0 fully saturated rings. The third kappa shape index (κ3) is 4.08. The number of primary amides is 1. The maximum atomic E-state index is 15.0. The number of fused-ring (bicyclic) bond motifs is 3. The Kier molecular flexibility index (Phi) is 5.93. The fourth-order valence-electron chi connectivity index (χ4n) is 4.50. The van der Waals surface area contributed by atoms with Crippen LogP contribution in [0.15, 0.2) is 72.8 Å². The van der Waals surface area contributed by atoms with Crippen LogP contribution >= 0.6 is 23.2 Å². The minimum absolute atomic E-state index is 0.150. The number of hydrogen-bond donors (Lipinski definition) is 1. The molecular formula is C27H16Cl2F4N2O. The van der Waals surface area contributed by atoms with Crippen LogP contribution in [0.5, 0.6) is 0 Å². The zero-order chi connectivity index (χ0) is 25.8. The van der Waals surface area contributed by atoms with Crippen LogP contribution < -0.4 is 5.73 Å². The molecule has 0 bridgehead atoms. The number of nitrogens with zero attached hydrogens (tertiary/aromatic N) is 1. The summed E-state index contributed by atoms with van der Waals surface area (Å²) in [6.07, 6.45) is -4.83. The summed E-state index contributed by atoms with van der Waals surface area (Å²) in [5.41, 5.74) is 6.86. The first-order chi connectivity index (χ1) is 17.1. The lowest BCUT2D eigenvalue weighted by molar-refractivity contribution is -0.140. The van der Waals surface area contributed by atoms with Crippen molar-refractivity contribution in [3.63, 3.8) is 0 Å². The molecule has 1 amide bonds. The second-order valence-electron chi connectivity index (χ2n) is 8.28. The highest BCUT2D eigenvalue weighted by Gasteiger charge is 2.35. The van der Waals surface area contributed by atoms with Crippen LogP contribution in [0.3, 0.4) is 0 Å². The molecule has 0 aliphatic carbocycles. The molecule has 0 spiro atoms. The van der Waals surface area contributed by atoms with Crippen molar-refractivity contribution in [3.8, 4) is 11.1 Å². The number of nitrogens with two attached hydrogens (primary N) is 1. The Morgan fingerprint density at radius 2 is 1.67 bits per heavy atom. The SMILES string of the molecule is NC(=O)c1cccc2c1c1ccc(-c3ccc(Cl)cc3Cl)cc1n2Cc1cccc(C(F)(F)F)c1F. The normalized spacial score (nSPS) is 11.9. The second kappa shape index (κ2) is 8.84. The molecule has 182 valence electrons. The van der Waals surface area contributed by atoms with Crippen LogP contribution in [0.1, 0.15) is 21.5 Å². The van der Waals surface area contributed by atoms with E-state index in [4.69, 9.17) is 28.9 Å². The van der Waals surface area contributed by atoms with E-state index in [1.54, 1.807) is 53.1 Å². The molecular weight excluding hydrogens is 515 g/mol. The molecule has 36 heavy (non-hydrogen) atoms. The zero-order valence-electron chi connectivity index (χ0n) is 18.3. The van der Waals surface area contributed by atoms with E-state index in [-0.39, 0.29) is 17.7 Å². The molecule has 9 heteroatoms. The van der Waals surface area contributed by atoms with Gasteiger partial charge in [-0.05, 0) is 42.0 Å². The lowest BCUT2D eigenvalue weighted by Crippen LogP contribution is -2.12. The second-order valence-corrected chi connectivity index (χ2v) is 9.13. The number of alkyl halides is 3. The number of carbonyl (C=O) groups is 1. The molecule has 5 rings (SSSR count). The van der Waals surface area contributed by atoms with Crippen molar-refractivity contribution < 1.29 is 22.4 Å². The van der Waals surface area contributed by atoms with Crippen LogP contribution in [0.25, 0.3) is 32.9 Å². The minimum atomic E-state index is -4.83. The third-order valence-corrected chi connectivity index (χ3v) is 6.66. The summed E-state index contributed by atoms with van der Waals surface area (Å²) in [7, 11) is 0. The molecule has 0 aliphatic rings. The number of benzene rings is 4. The van der Waals surface area contributed by atoms with Crippen molar-refractivity contribution in [3.05, 3.63) is 105 Å². The first-order valence-electron chi connectivity index (χ1n) is 10.7. The Morgan fingerprint density at radius 1 is 0.917 bits per heavy atom. The molecule has 2 N–H and O–H groups in total. The third-order valence-electron chi connectivity index (χ3n) is 6.11. The quantitative estimate of drug-likeness (QED) is 0.234.